The molecule has 2 saturated heterocycles. The summed E-state index contributed by atoms with van der Waals surface area (Å²) in [4.78, 5) is 17.2. The largest absolute Gasteiger partial charge is 0.336 e. The molecule has 1 unspecified atom stereocenters. The van der Waals surface area contributed by atoms with Crippen LogP contribution in [0.1, 0.15) is 16.9 Å². The fourth-order valence-electron chi connectivity index (χ4n) is 3.60. The van der Waals surface area contributed by atoms with Gasteiger partial charge < -0.3 is 10.2 Å². The zero-order valence-electron chi connectivity index (χ0n) is 14.2. The van der Waals surface area contributed by atoms with Crippen LogP contribution in [0.25, 0.3) is 5.69 Å². The number of carbonyl (C=O) groups excluding carboxylic acids is 1. The summed E-state index contributed by atoms with van der Waals surface area (Å²) in [5.74, 6) is 0.0438. The Hall–Kier alpha value is -1.89. The number of halogens is 1. The van der Waals surface area contributed by atoms with E-state index in [0.29, 0.717) is 11.7 Å². The molecule has 2 aliphatic rings. The number of nitrogens with zero attached hydrogens (tertiary/aromatic N) is 4. The van der Waals surface area contributed by atoms with Crippen LogP contribution in [-0.4, -0.2) is 70.8 Å². The Morgan fingerprint density at radius 2 is 1.84 bits per heavy atom. The van der Waals surface area contributed by atoms with E-state index in [-0.39, 0.29) is 18.3 Å². The van der Waals surface area contributed by atoms with Gasteiger partial charge in [0.2, 0.25) is 0 Å². The van der Waals surface area contributed by atoms with Crippen LogP contribution in [0.2, 0.25) is 0 Å². The molecule has 0 saturated carbocycles. The molecule has 0 radical (unpaired) electrons. The molecule has 134 valence electrons. The summed E-state index contributed by atoms with van der Waals surface area (Å²) in [6.45, 7) is 5.89. The van der Waals surface area contributed by atoms with Crippen molar-refractivity contribution in [3.8, 4) is 5.69 Å². The van der Waals surface area contributed by atoms with E-state index in [1.807, 2.05) is 47.5 Å². The minimum Gasteiger partial charge on any atom is -0.336 e. The number of likely N-dealkylation sites (tertiary alicyclic amines) is 1. The van der Waals surface area contributed by atoms with Crippen LogP contribution in [0, 0.1) is 0 Å². The standard InChI is InChI=1S/C18H23N5O.ClH/c24-18(17-7-11-23(20-17)15-4-2-1-3-5-15)22-10-6-16(14-22)21-12-8-19-9-13-21;/h1-5,7,11,16,19H,6,8-10,12-14H2;1H. The van der Waals surface area contributed by atoms with Gasteiger partial charge in [-0.1, -0.05) is 18.2 Å². The van der Waals surface area contributed by atoms with Crippen molar-refractivity contribution in [2.24, 2.45) is 0 Å². The highest BCUT2D eigenvalue weighted by molar-refractivity contribution is 5.92. The number of aromatic nitrogens is 2. The maximum atomic E-state index is 12.7. The average molecular weight is 362 g/mol. The first kappa shape index (κ1) is 17.9. The Balaban J connectivity index is 0.00000182. The van der Waals surface area contributed by atoms with Crippen LogP contribution in [-0.2, 0) is 0 Å². The molecule has 2 fully saturated rings. The van der Waals surface area contributed by atoms with Gasteiger partial charge in [0, 0.05) is 51.5 Å². The molecule has 1 N–H and O–H groups in total. The maximum Gasteiger partial charge on any atom is 0.274 e. The van der Waals surface area contributed by atoms with Gasteiger partial charge in [0.15, 0.2) is 5.69 Å². The van der Waals surface area contributed by atoms with Gasteiger partial charge in [-0.25, -0.2) is 4.68 Å². The lowest BCUT2D eigenvalue weighted by molar-refractivity contribution is 0.0767. The van der Waals surface area contributed by atoms with Crippen LogP contribution >= 0.6 is 12.4 Å². The van der Waals surface area contributed by atoms with Crippen molar-refractivity contribution in [2.45, 2.75) is 12.5 Å². The first-order valence-electron chi connectivity index (χ1n) is 8.66. The summed E-state index contributed by atoms with van der Waals surface area (Å²) in [7, 11) is 0. The third-order valence-corrected chi connectivity index (χ3v) is 4.95. The van der Waals surface area contributed by atoms with Crippen LogP contribution < -0.4 is 5.32 Å². The van der Waals surface area contributed by atoms with E-state index in [4.69, 9.17) is 0 Å². The number of piperazine rings is 1. The van der Waals surface area contributed by atoms with Crippen molar-refractivity contribution < 1.29 is 4.79 Å². The minimum atomic E-state index is 0. The molecule has 1 aromatic carbocycles. The number of nitrogens with one attached hydrogen (secondary N) is 1. The molecule has 6 nitrogen and oxygen atoms in total. The Morgan fingerprint density at radius 1 is 1.08 bits per heavy atom. The smallest absolute Gasteiger partial charge is 0.274 e. The van der Waals surface area contributed by atoms with Crippen molar-refractivity contribution in [1.29, 1.82) is 0 Å². The van der Waals surface area contributed by atoms with Crippen molar-refractivity contribution in [3.05, 3.63) is 48.3 Å². The number of para-hydroxylation sites is 1. The third-order valence-electron chi connectivity index (χ3n) is 4.95. The highest BCUT2D eigenvalue weighted by Gasteiger charge is 2.32. The second-order valence-electron chi connectivity index (χ2n) is 6.46. The van der Waals surface area contributed by atoms with Crippen molar-refractivity contribution >= 4 is 18.3 Å². The summed E-state index contributed by atoms with van der Waals surface area (Å²) in [6, 6.07) is 12.2. The van der Waals surface area contributed by atoms with Crippen LogP contribution in [0.15, 0.2) is 42.6 Å². The molecule has 25 heavy (non-hydrogen) atoms. The van der Waals surface area contributed by atoms with Gasteiger partial charge in [-0.15, -0.1) is 12.4 Å². The summed E-state index contributed by atoms with van der Waals surface area (Å²) < 4.78 is 1.76. The highest BCUT2D eigenvalue weighted by atomic mass is 35.5. The van der Waals surface area contributed by atoms with Gasteiger partial charge >= 0.3 is 0 Å². The number of carbonyl (C=O) groups is 1. The van der Waals surface area contributed by atoms with Crippen LogP contribution in [0.3, 0.4) is 0 Å². The van der Waals surface area contributed by atoms with E-state index in [1.54, 1.807) is 4.68 Å². The maximum absolute atomic E-state index is 12.7. The monoisotopic (exact) mass is 361 g/mol. The van der Waals surface area contributed by atoms with Crippen LogP contribution in [0.4, 0.5) is 0 Å². The molecule has 0 bridgehead atoms. The van der Waals surface area contributed by atoms with Gasteiger partial charge in [0.05, 0.1) is 5.69 Å². The highest BCUT2D eigenvalue weighted by Crippen LogP contribution is 2.18. The van der Waals surface area contributed by atoms with E-state index < -0.39 is 0 Å². The topological polar surface area (TPSA) is 53.4 Å². The first-order valence-corrected chi connectivity index (χ1v) is 8.66. The second kappa shape index (κ2) is 7.99. The van der Waals surface area contributed by atoms with Crippen molar-refractivity contribution in [3.63, 3.8) is 0 Å². The molecule has 1 atom stereocenters. The molecule has 1 amide bonds. The molecule has 0 aliphatic carbocycles. The molecule has 0 spiro atoms. The predicted octanol–water partition coefficient (Wildman–Crippen LogP) is 1.41. The number of rotatable bonds is 3. The number of benzene rings is 1. The predicted molar refractivity (Wildman–Crippen MR) is 99.6 cm³/mol. The first-order chi connectivity index (χ1) is 11.8. The summed E-state index contributed by atoms with van der Waals surface area (Å²) in [5, 5.41) is 7.85. The Morgan fingerprint density at radius 3 is 2.60 bits per heavy atom. The molecule has 1 aromatic heterocycles. The molecular formula is C18H24ClN5O. The molecule has 7 heteroatoms. The zero-order valence-corrected chi connectivity index (χ0v) is 15.0. The number of hydrogen-bond acceptors (Lipinski definition) is 4. The van der Waals surface area contributed by atoms with Gasteiger partial charge in [-0.3, -0.25) is 9.69 Å². The number of amides is 1. The molecular weight excluding hydrogens is 338 g/mol. The van der Waals surface area contributed by atoms with E-state index in [9.17, 15) is 4.79 Å². The van der Waals surface area contributed by atoms with Crippen molar-refractivity contribution in [2.75, 3.05) is 39.3 Å². The minimum absolute atomic E-state index is 0. The third kappa shape index (κ3) is 3.86. The summed E-state index contributed by atoms with van der Waals surface area (Å²) >= 11 is 0. The molecule has 3 heterocycles. The SMILES string of the molecule is Cl.O=C(c1ccn(-c2ccccc2)n1)N1CCC(N2CCNCC2)C1. The lowest BCUT2D eigenvalue weighted by atomic mass is 10.2. The Kier molecular flexibility index (Phi) is 5.73. The van der Waals surface area contributed by atoms with E-state index in [2.05, 4.69) is 15.3 Å². The van der Waals surface area contributed by atoms with E-state index in [1.165, 1.54) is 0 Å². The van der Waals surface area contributed by atoms with Crippen molar-refractivity contribution in [1.82, 2.24) is 24.9 Å². The average Bonchev–Trinajstić information content (AvgIpc) is 3.33. The van der Waals surface area contributed by atoms with E-state index >= 15 is 0 Å². The quantitative estimate of drug-likeness (QED) is 0.898. The Labute approximate surface area is 154 Å². The van der Waals surface area contributed by atoms with Gasteiger partial charge in [0.25, 0.3) is 5.91 Å². The lowest BCUT2D eigenvalue weighted by Crippen LogP contribution is -2.49. The van der Waals surface area contributed by atoms with E-state index in [0.717, 1.165) is 51.4 Å². The number of hydrogen-bond donors (Lipinski definition) is 1. The normalized spacial score (nSPS) is 21.1. The summed E-state index contributed by atoms with van der Waals surface area (Å²) in [5.41, 5.74) is 1.50. The fraction of sp³-hybridized carbons (Fsp3) is 0.444. The lowest BCUT2D eigenvalue weighted by Gasteiger charge is -2.32. The summed E-state index contributed by atoms with van der Waals surface area (Å²) in [6.07, 6.45) is 2.91. The molecule has 2 aromatic rings. The van der Waals surface area contributed by atoms with Crippen LogP contribution in [0.5, 0.6) is 0 Å². The Bertz CT molecular complexity index is 699. The zero-order chi connectivity index (χ0) is 16.4. The second-order valence-corrected chi connectivity index (χ2v) is 6.46. The van der Waals surface area contributed by atoms with Gasteiger partial charge in [-0.05, 0) is 24.6 Å². The molecule has 2 aliphatic heterocycles. The van der Waals surface area contributed by atoms with Gasteiger partial charge in [0.1, 0.15) is 0 Å². The fourth-order valence-corrected chi connectivity index (χ4v) is 3.60. The molecule has 4 rings (SSSR count). The van der Waals surface area contributed by atoms with Gasteiger partial charge in [-0.2, -0.15) is 5.10 Å².